The number of hydrogen-bond donors (Lipinski definition) is 2. The lowest BCUT2D eigenvalue weighted by molar-refractivity contribution is -0.118. The third-order valence-corrected chi connectivity index (χ3v) is 4.84. The maximum absolute atomic E-state index is 11.4. The first-order chi connectivity index (χ1) is 10.3. The Balaban J connectivity index is 1.59. The van der Waals surface area contributed by atoms with Crippen LogP contribution >= 0.6 is 11.8 Å². The molecular formula is C16H14N2O2S. The van der Waals surface area contributed by atoms with Gasteiger partial charge in [-0.05, 0) is 29.8 Å². The number of carbonyl (C=O) groups is 1. The number of amides is 1. The summed E-state index contributed by atoms with van der Waals surface area (Å²) >= 11 is 1.87. The standard InChI is InChI=1S/C16H14N2O2S/c19-16-8-20-14-6-5-10(7-12(14)18-16)17-13-9-21-15-4-2-1-3-11(13)15/h1-7,13,17H,8-9H2,(H,18,19). The fourth-order valence-electron chi connectivity index (χ4n) is 2.66. The average molecular weight is 298 g/mol. The summed E-state index contributed by atoms with van der Waals surface area (Å²) in [5.41, 5.74) is 3.05. The number of ether oxygens (including phenoxy) is 1. The second kappa shape index (κ2) is 5.00. The lowest BCUT2D eigenvalue weighted by Gasteiger charge is -2.20. The molecule has 0 saturated carbocycles. The van der Waals surface area contributed by atoms with E-state index in [-0.39, 0.29) is 12.5 Å². The fraction of sp³-hybridized carbons (Fsp3) is 0.188. The highest BCUT2D eigenvalue weighted by Crippen LogP contribution is 2.40. The highest BCUT2D eigenvalue weighted by Gasteiger charge is 2.23. The van der Waals surface area contributed by atoms with Crippen LogP contribution in [0.4, 0.5) is 11.4 Å². The van der Waals surface area contributed by atoms with E-state index in [4.69, 9.17) is 4.74 Å². The largest absolute Gasteiger partial charge is 0.482 e. The van der Waals surface area contributed by atoms with Crippen molar-refractivity contribution < 1.29 is 9.53 Å². The predicted molar refractivity (Wildman–Crippen MR) is 84.1 cm³/mol. The summed E-state index contributed by atoms with van der Waals surface area (Å²) < 4.78 is 5.37. The molecule has 4 rings (SSSR count). The normalized spacial score (nSPS) is 19.2. The zero-order chi connectivity index (χ0) is 14.2. The van der Waals surface area contributed by atoms with Crippen LogP contribution in [-0.4, -0.2) is 18.3 Å². The molecule has 0 fully saturated rings. The van der Waals surface area contributed by atoms with Crippen LogP contribution in [0.3, 0.4) is 0 Å². The SMILES string of the molecule is O=C1COc2ccc(NC3CSc4ccccc43)cc2N1. The second-order valence-corrected chi connectivity index (χ2v) is 6.16. The summed E-state index contributed by atoms with van der Waals surface area (Å²) in [6.45, 7) is 0.0897. The van der Waals surface area contributed by atoms with Crippen molar-refractivity contribution in [3.8, 4) is 5.75 Å². The van der Waals surface area contributed by atoms with E-state index in [2.05, 4.69) is 34.9 Å². The summed E-state index contributed by atoms with van der Waals surface area (Å²) in [5, 5.41) is 6.37. The van der Waals surface area contributed by atoms with Crippen LogP contribution in [0.1, 0.15) is 11.6 Å². The van der Waals surface area contributed by atoms with E-state index in [0.29, 0.717) is 6.04 Å². The van der Waals surface area contributed by atoms with E-state index in [0.717, 1.165) is 22.9 Å². The van der Waals surface area contributed by atoms with E-state index >= 15 is 0 Å². The van der Waals surface area contributed by atoms with Gasteiger partial charge in [0.2, 0.25) is 0 Å². The Morgan fingerprint density at radius 3 is 3.10 bits per heavy atom. The van der Waals surface area contributed by atoms with Crippen molar-refractivity contribution in [2.75, 3.05) is 23.0 Å². The molecule has 1 atom stereocenters. The Bertz CT molecular complexity index is 717. The maximum Gasteiger partial charge on any atom is 0.262 e. The number of nitrogens with one attached hydrogen (secondary N) is 2. The molecule has 2 aliphatic rings. The third kappa shape index (κ3) is 2.34. The van der Waals surface area contributed by atoms with E-state index in [1.165, 1.54) is 10.5 Å². The summed E-state index contributed by atoms with van der Waals surface area (Å²) in [6.07, 6.45) is 0. The molecule has 5 heteroatoms. The van der Waals surface area contributed by atoms with Crippen molar-refractivity contribution in [1.82, 2.24) is 0 Å². The molecule has 0 spiro atoms. The van der Waals surface area contributed by atoms with Gasteiger partial charge < -0.3 is 15.4 Å². The molecule has 0 bridgehead atoms. The number of benzene rings is 2. The molecule has 2 aromatic rings. The molecule has 4 nitrogen and oxygen atoms in total. The third-order valence-electron chi connectivity index (χ3n) is 3.65. The molecule has 106 valence electrons. The highest BCUT2D eigenvalue weighted by molar-refractivity contribution is 7.99. The molecule has 0 radical (unpaired) electrons. The van der Waals surface area contributed by atoms with Gasteiger partial charge in [0.15, 0.2) is 6.61 Å². The van der Waals surface area contributed by atoms with Gasteiger partial charge in [-0.1, -0.05) is 18.2 Å². The van der Waals surface area contributed by atoms with Crippen LogP contribution in [-0.2, 0) is 4.79 Å². The van der Waals surface area contributed by atoms with Crippen LogP contribution in [0.2, 0.25) is 0 Å². The summed E-state index contributed by atoms with van der Waals surface area (Å²) in [6, 6.07) is 14.6. The molecular weight excluding hydrogens is 284 g/mol. The Hall–Kier alpha value is -2.14. The van der Waals surface area contributed by atoms with Gasteiger partial charge in [-0.25, -0.2) is 0 Å². The van der Waals surface area contributed by atoms with Crippen molar-refractivity contribution in [2.45, 2.75) is 10.9 Å². The lowest BCUT2D eigenvalue weighted by atomic mass is 10.1. The van der Waals surface area contributed by atoms with Crippen molar-refractivity contribution in [3.63, 3.8) is 0 Å². The molecule has 2 N–H and O–H groups in total. The van der Waals surface area contributed by atoms with Gasteiger partial charge in [0, 0.05) is 16.3 Å². The smallest absolute Gasteiger partial charge is 0.262 e. The van der Waals surface area contributed by atoms with Gasteiger partial charge >= 0.3 is 0 Å². The first kappa shape index (κ1) is 12.6. The molecule has 2 heterocycles. The number of thioether (sulfide) groups is 1. The van der Waals surface area contributed by atoms with Gasteiger partial charge in [0.1, 0.15) is 5.75 Å². The summed E-state index contributed by atoms with van der Waals surface area (Å²) in [5.74, 6) is 1.63. The number of carbonyl (C=O) groups excluding carboxylic acids is 1. The van der Waals surface area contributed by atoms with E-state index in [9.17, 15) is 4.79 Å². The van der Waals surface area contributed by atoms with Gasteiger partial charge in [-0.15, -0.1) is 11.8 Å². The quantitative estimate of drug-likeness (QED) is 0.893. The highest BCUT2D eigenvalue weighted by atomic mass is 32.2. The molecule has 2 aromatic carbocycles. The minimum Gasteiger partial charge on any atom is -0.482 e. The molecule has 0 aromatic heterocycles. The van der Waals surface area contributed by atoms with E-state index < -0.39 is 0 Å². The van der Waals surface area contributed by atoms with E-state index in [1.54, 1.807) is 0 Å². The van der Waals surface area contributed by atoms with Gasteiger partial charge in [0.05, 0.1) is 11.7 Å². The minimum absolute atomic E-state index is 0.0897. The fourth-order valence-corrected chi connectivity index (χ4v) is 3.82. The topological polar surface area (TPSA) is 50.4 Å². The number of hydrogen-bond acceptors (Lipinski definition) is 4. The van der Waals surface area contributed by atoms with Gasteiger partial charge in [0.25, 0.3) is 5.91 Å². The van der Waals surface area contributed by atoms with Crippen LogP contribution in [0.25, 0.3) is 0 Å². The van der Waals surface area contributed by atoms with Crippen LogP contribution in [0.5, 0.6) is 5.75 Å². The Morgan fingerprint density at radius 1 is 1.24 bits per heavy atom. The number of anilines is 2. The zero-order valence-corrected chi connectivity index (χ0v) is 12.1. The molecule has 1 unspecified atom stereocenters. The van der Waals surface area contributed by atoms with Crippen molar-refractivity contribution >= 4 is 29.0 Å². The van der Waals surface area contributed by atoms with Crippen LogP contribution < -0.4 is 15.4 Å². The molecule has 0 saturated heterocycles. The molecule has 1 amide bonds. The molecule has 21 heavy (non-hydrogen) atoms. The number of fused-ring (bicyclic) bond motifs is 2. The Labute approximate surface area is 126 Å². The number of rotatable bonds is 2. The van der Waals surface area contributed by atoms with Gasteiger partial charge in [-0.3, -0.25) is 4.79 Å². The first-order valence-corrected chi connectivity index (χ1v) is 7.83. The molecule has 0 aliphatic carbocycles. The Kier molecular flexibility index (Phi) is 3.00. The predicted octanol–water partition coefficient (Wildman–Crippen LogP) is 3.28. The van der Waals surface area contributed by atoms with Crippen LogP contribution in [0.15, 0.2) is 47.4 Å². The zero-order valence-electron chi connectivity index (χ0n) is 11.3. The second-order valence-electron chi connectivity index (χ2n) is 5.09. The monoisotopic (exact) mass is 298 g/mol. The van der Waals surface area contributed by atoms with Crippen molar-refractivity contribution in [3.05, 3.63) is 48.0 Å². The van der Waals surface area contributed by atoms with Crippen molar-refractivity contribution in [1.29, 1.82) is 0 Å². The Morgan fingerprint density at radius 2 is 2.14 bits per heavy atom. The average Bonchev–Trinajstić information content (AvgIpc) is 2.90. The summed E-state index contributed by atoms with van der Waals surface area (Å²) in [7, 11) is 0. The van der Waals surface area contributed by atoms with E-state index in [1.807, 2.05) is 30.0 Å². The lowest BCUT2D eigenvalue weighted by Crippen LogP contribution is -2.25. The molecule has 2 aliphatic heterocycles. The first-order valence-electron chi connectivity index (χ1n) is 6.84. The maximum atomic E-state index is 11.4. The summed E-state index contributed by atoms with van der Waals surface area (Å²) in [4.78, 5) is 12.7. The van der Waals surface area contributed by atoms with Crippen LogP contribution in [0, 0.1) is 0 Å². The van der Waals surface area contributed by atoms with Crippen molar-refractivity contribution in [2.24, 2.45) is 0 Å². The van der Waals surface area contributed by atoms with Gasteiger partial charge in [-0.2, -0.15) is 0 Å². The minimum atomic E-state index is -0.110.